The maximum Gasteiger partial charge on any atom is 0.216 e. The lowest BCUT2D eigenvalue weighted by Gasteiger charge is -2.12. The second-order valence-corrected chi connectivity index (χ2v) is 7.10. The Kier molecular flexibility index (Phi) is 3.89. The Labute approximate surface area is 128 Å². The normalized spacial score (nSPS) is 17.3. The second-order valence-electron chi connectivity index (χ2n) is 4.90. The van der Waals surface area contributed by atoms with E-state index in [2.05, 4.69) is 4.72 Å². The van der Waals surface area contributed by atoms with E-state index in [1.54, 1.807) is 24.3 Å². The summed E-state index contributed by atoms with van der Waals surface area (Å²) >= 11 is 5.80. The number of para-hydroxylation sites is 1. The fraction of sp³-hybridized carbons (Fsp3) is 0.200. The highest BCUT2D eigenvalue weighted by molar-refractivity contribution is 7.88. The molecule has 1 atom stereocenters. The average Bonchev–Trinajstić information content (AvgIpc) is 2.84. The summed E-state index contributed by atoms with van der Waals surface area (Å²) in [6.07, 6.45) is 0. The molecule has 1 unspecified atom stereocenters. The summed E-state index contributed by atoms with van der Waals surface area (Å²) in [6, 6.07) is 13.9. The number of fused-ring (bicyclic) bond motifs is 1. The molecule has 0 saturated heterocycles. The van der Waals surface area contributed by atoms with Crippen molar-refractivity contribution in [3.8, 4) is 5.75 Å². The fourth-order valence-corrected chi connectivity index (χ4v) is 3.79. The van der Waals surface area contributed by atoms with Gasteiger partial charge in [-0.15, -0.1) is 0 Å². The Morgan fingerprint density at radius 1 is 1.14 bits per heavy atom. The van der Waals surface area contributed by atoms with Gasteiger partial charge in [-0.25, -0.2) is 13.1 Å². The number of halogens is 1. The van der Waals surface area contributed by atoms with Gasteiger partial charge in [0.1, 0.15) is 12.4 Å². The minimum Gasteiger partial charge on any atom is -0.491 e. The van der Waals surface area contributed by atoms with Crippen molar-refractivity contribution in [1.29, 1.82) is 0 Å². The van der Waals surface area contributed by atoms with Crippen LogP contribution in [0.15, 0.2) is 48.5 Å². The molecule has 21 heavy (non-hydrogen) atoms. The molecule has 0 radical (unpaired) electrons. The topological polar surface area (TPSA) is 55.4 Å². The molecule has 1 aliphatic heterocycles. The Morgan fingerprint density at radius 3 is 2.62 bits per heavy atom. The maximum absolute atomic E-state index is 12.3. The number of ether oxygens (including phenoxy) is 1. The van der Waals surface area contributed by atoms with Gasteiger partial charge >= 0.3 is 0 Å². The van der Waals surface area contributed by atoms with E-state index in [0.717, 1.165) is 11.3 Å². The zero-order chi connectivity index (χ0) is 14.9. The van der Waals surface area contributed by atoms with Gasteiger partial charge < -0.3 is 4.74 Å². The van der Waals surface area contributed by atoms with Crippen molar-refractivity contribution < 1.29 is 13.2 Å². The van der Waals surface area contributed by atoms with Crippen LogP contribution in [0.5, 0.6) is 5.75 Å². The van der Waals surface area contributed by atoms with E-state index in [1.807, 2.05) is 24.3 Å². The molecule has 3 rings (SSSR count). The first-order valence-electron chi connectivity index (χ1n) is 6.50. The lowest BCUT2D eigenvalue weighted by molar-refractivity contribution is 0.325. The quantitative estimate of drug-likeness (QED) is 0.941. The smallest absolute Gasteiger partial charge is 0.216 e. The number of hydrogen-bond donors (Lipinski definition) is 1. The van der Waals surface area contributed by atoms with Crippen LogP contribution in [0, 0.1) is 0 Å². The maximum atomic E-state index is 12.3. The van der Waals surface area contributed by atoms with Crippen molar-refractivity contribution in [3.05, 3.63) is 64.7 Å². The zero-order valence-corrected chi connectivity index (χ0v) is 12.7. The van der Waals surface area contributed by atoms with Gasteiger partial charge in [-0.2, -0.15) is 0 Å². The number of sulfonamides is 1. The lowest BCUT2D eigenvalue weighted by atomic mass is 10.1. The molecular formula is C15H14ClNO3S. The number of hydrogen-bond acceptors (Lipinski definition) is 3. The van der Waals surface area contributed by atoms with E-state index in [-0.39, 0.29) is 11.8 Å². The minimum absolute atomic E-state index is 0.0805. The third-order valence-electron chi connectivity index (χ3n) is 3.29. The number of rotatable bonds is 4. The molecule has 0 saturated carbocycles. The predicted octanol–water partition coefficient (Wildman–Crippen LogP) is 2.89. The van der Waals surface area contributed by atoms with Gasteiger partial charge in [0, 0.05) is 10.6 Å². The van der Waals surface area contributed by atoms with Gasteiger partial charge in [0.05, 0.1) is 11.8 Å². The zero-order valence-electron chi connectivity index (χ0n) is 11.1. The van der Waals surface area contributed by atoms with Crippen molar-refractivity contribution in [3.63, 3.8) is 0 Å². The van der Waals surface area contributed by atoms with E-state index < -0.39 is 10.0 Å². The van der Waals surface area contributed by atoms with Crippen LogP contribution in [0.25, 0.3) is 0 Å². The lowest BCUT2D eigenvalue weighted by Crippen LogP contribution is -2.30. The van der Waals surface area contributed by atoms with Crippen LogP contribution in [0.4, 0.5) is 0 Å². The number of benzene rings is 2. The second kappa shape index (κ2) is 5.67. The third kappa shape index (κ3) is 3.37. The van der Waals surface area contributed by atoms with Crippen molar-refractivity contribution in [2.75, 3.05) is 6.61 Å². The molecule has 0 fully saturated rings. The first-order valence-corrected chi connectivity index (χ1v) is 8.53. The predicted molar refractivity (Wildman–Crippen MR) is 81.9 cm³/mol. The van der Waals surface area contributed by atoms with Crippen LogP contribution < -0.4 is 9.46 Å². The largest absolute Gasteiger partial charge is 0.491 e. The number of nitrogens with one attached hydrogen (secondary N) is 1. The molecule has 1 aliphatic rings. The van der Waals surface area contributed by atoms with Crippen LogP contribution in [-0.4, -0.2) is 15.0 Å². The van der Waals surface area contributed by atoms with Crippen molar-refractivity contribution in [2.45, 2.75) is 11.8 Å². The molecule has 0 bridgehead atoms. The standard InChI is InChI=1S/C15H14ClNO3S/c16-12-7-5-11(6-8-12)10-21(18,19)17-14-9-20-15-4-2-1-3-13(14)15/h1-8,14,17H,9-10H2. The van der Waals surface area contributed by atoms with Crippen LogP contribution in [0.2, 0.25) is 5.02 Å². The van der Waals surface area contributed by atoms with Crippen molar-refractivity contribution >= 4 is 21.6 Å². The molecular weight excluding hydrogens is 310 g/mol. The Balaban J connectivity index is 1.74. The fourth-order valence-electron chi connectivity index (χ4n) is 2.32. The molecule has 6 heteroatoms. The summed E-state index contributed by atoms with van der Waals surface area (Å²) < 4.78 is 32.7. The van der Waals surface area contributed by atoms with Gasteiger partial charge in [0.15, 0.2) is 0 Å². The van der Waals surface area contributed by atoms with Crippen molar-refractivity contribution in [1.82, 2.24) is 4.72 Å². The van der Waals surface area contributed by atoms with Gasteiger partial charge in [-0.1, -0.05) is 41.9 Å². The molecule has 0 spiro atoms. The average molecular weight is 324 g/mol. The van der Waals surface area contributed by atoms with E-state index in [0.29, 0.717) is 17.2 Å². The van der Waals surface area contributed by atoms with Gasteiger partial charge in [-0.3, -0.25) is 0 Å². The summed E-state index contributed by atoms with van der Waals surface area (Å²) in [5.41, 5.74) is 1.57. The summed E-state index contributed by atoms with van der Waals surface area (Å²) in [5.74, 6) is 0.653. The molecule has 2 aromatic carbocycles. The Bertz CT molecular complexity index is 744. The highest BCUT2D eigenvalue weighted by atomic mass is 35.5. The molecule has 0 amide bonds. The molecule has 0 aromatic heterocycles. The van der Waals surface area contributed by atoms with Crippen LogP contribution >= 0.6 is 11.6 Å². The van der Waals surface area contributed by atoms with E-state index >= 15 is 0 Å². The molecule has 1 heterocycles. The molecule has 110 valence electrons. The molecule has 1 N–H and O–H groups in total. The first kappa shape index (κ1) is 14.4. The van der Waals surface area contributed by atoms with E-state index in [9.17, 15) is 8.42 Å². The van der Waals surface area contributed by atoms with E-state index in [4.69, 9.17) is 16.3 Å². The molecule has 4 nitrogen and oxygen atoms in total. The third-order valence-corrected chi connectivity index (χ3v) is 4.90. The minimum atomic E-state index is -3.45. The highest BCUT2D eigenvalue weighted by Gasteiger charge is 2.27. The molecule has 2 aromatic rings. The molecule has 0 aliphatic carbocycles. The summed E-state index contributed by atoms with van der Waals surface area (Å²) in [4.78, 5) is 0. The van der Waals surface area contributed by atoms with Crippen LogP contribution in [0.3, 0.4) is 0 Å². The van der Waals surface area contributed by atoms with Gasteiger partial charge in [0.2, 0.25) is 10.0 Å². The van der Waals surface area contributed by atoms with Crippen molar-refractivity contribution in [2.24, 2.45) is 0 Å². The van der Waals surface area contributed by atoms with Gasteiger partial charge in [-0.05, 0) is 23.8 Å². The SMILES string of the molecule is O=S(=O)(Cc1ccc(Cl)cc1)NC1COc2ccccc21. The Hall–Kier alpha value is -1.56. The first-order chi connectivity index (χ1) is 10.0. The Morgan fingerprint density at radius 2 is 1.86 bits per heavy atom. The summed E-state index contributed by atoms with van der Waals surface area (Å²) in [6.45, 7) is 0.319. The van der Waals surface area contributed by atoms with Crippen LogP contribution in [-0.2, 0) is 15.8 Å². The summed E-state index contributed by atoms with van der Waals surface area (Å²) in [5, 5.41) is 0.585. The van der Waals surface area contributed by atoms with Gasteiger partial charge in [0.25, 0.3) is 0 Å². The summed E-state index contributed by atoms with van der Waals surface area (Å²) in [7, 11) is -3.45. The monoisotopic (exact) mass is 323 g/mol. The van der Waals surface area contributed by atoms with E-state index in [1.165, 1.54) is 0 Å². The van der Waals surface area contributed by atoms with Crippen LogP contribution in [0.1, 0.15) is 17.2 Å². The highest BCUT2D eigenvalue weighted by Crippen LogP contribution is 2.32.